The molecule has 0 bridgehead atoms. The summed E-state index contributed by atoms with van der Waals surface area (Å²) in [5.41, 5.74) is 6.96. The van der Waals surface area contributed by atoms with Gasteiger partial charge in [0.15, 0.2) is 0 Å². The van der Waals surface area contributed by atoms with E-state index in [0.717, 1.165) is 17.0 Å². The topological polar surface area (TPSA) is 86.1 Å². The first-order chi connectivity index (χ1) is 9.36. The summed E-state index contributed by atoms with van der Waals surface area (Å²) in [5, 5.41) is 3.22. The minimum atomic E-state index is -4.59. The van der Waals surface area contributed by atoms with Gasteiger partial charge in [-0.3, -0.25) is 9.59 Å². The molecule has 6 nitrogen and oxygen atoms in total. The van der Waals surface area contributed by atoms with Crippen LogP contribution in [0.1, 0.15) is 15.9 Å². The highest BCUT2D eigenvalue weighted by Gasteiger charge is 2.38. The van der Waals surface area contributed by atoms with Gasteiger partial charge in [0.05, 0.1) is 16.8 Å². The lowest BCUT2D eigenvalue weighted by Crippen LogP contribution is -2.31. The molecule has 0 aliphatic carbocycles. The Balaban J connectivity index is 2.39. The monoisotopic (exact) mass is 284 g/mol. The van der Waals surface area contributed by atoms with Crippen molar-refractivity contribution in [3.8, 4) is 0 Å². The van der Waals surface area contributed by atoms with Crippen molar-refractivity contribution in [2.75, 3.05) is 18.0 Å². The summed E-state index contributed by atoms with van der Waals surface area (Å²) >= 11 is 0. The van der Waals surface area contributed by atoms with Gasteiger partial charge in [-0.1, -0.05) is 5.11 Å². The largest absolute Gasteiger partial charge is 0.416 e. The predicted octanol–water partition coefficient (Wildman–Crippen LogP) is 2.55. The van der Waals surface area contributed by atoms with E-state index >= 15 is 0 Å². The number of carbonyl (C=O) groups excluding carboxylic acids is 2. The number of azide groups is 1. The van der Waals surface area contributed by atoms with Gasteiger partial charge in [-0.2, -0.15) is 13.2 Å². The summed E-state index contributed by atoms with van der Waals surface area (Å²) in [5.74, 6) is -1.92. The van der Waals surface area contributed by atoms with Crippen LogP contribution in [0.5, 0.6) is 0 Å². The standard InChI is InChI=1S/C11H7F3N4O2/c12-11(13,14)6-1-2-8-7(5-6)9(19)10(20)18(8)4-3-16-17-15/h1-2,5H,3-4H2. The molecular weight excluding hydrogens is 277 g/mol. The molecule has 9 heteroatoms. The third-order valence-electron chi connectivity index (χ3n) is 2.79. The number of rotatable bonds is 3. The van der Waals surface area contributed by atoms with E-state index in [0.29, 0.717) is 6.07 Å². The normalized spacial score (nSPS) is 14.2. The molecule has 1 aromatic rings. The number of halogens is 3. The number of hydrogen-bond acceptors (Lipinski definition) is 3. The van der Waals surface area contributed by atoms with Crippen molar-refractivity contribution in [2.45, 2.75) is 6.18 Å². The van der Waals surface area contributed by atoms with Gasteiger partial charge in [-0.05, 0) is 23.7 Å². The van der Waals surface area contributed by atoms with Gasteiger partial charge >= 0.3 is 6.18 Å². The summed E-state index contributed by atoms with van der Waals surface area (Å²) in [4.78, 5) is 26.8. The molecule has 104 valence electrons. The minimum absolute atomic E-state index is 0.0625. The highest BCUT2D eigenvalue weighted by molar-refractivity contribution is 6.52. The van der Waals surface area contributed by atoms with Gasteiger partial charge in [0.25, 0.3) is 11.7 Å². The van der Waals surface area contributed by atoms with Crippen LogP contribution >= 0.6 is 0 Å². The molecule has 1 heterocycles. The molecule has 0 atom stereocenters. The van der Waals surface area contributed by atoms with Gasteiger partial charge < -0.3 is 4.90 Å². The number of hydrogen-bond donors (Lipinski definition) is 0. The van der Waals surface area contributed by atoms with Gasteiger partial charge in [0.1, 0.15) is 0 Å². The van der Waals surface area contributed by atoms with E-state index in [1.807, 2.05) is 0 Å². The molecule has 0 unspecified atom stereocenters. The average Bonchev–Trinajstić information content (AvgIpc) is 2.63. The van der Waals surface area contributed by atoms with Gasteiger partial charge in [0.2, 0.25) is 0 Å². The average molecular weight is 284 g/mol. The number of Topliss-reactive ketones (excluding diaryl/α,β-unsaturated/α-hetero) is 1. The lowest BCUT2D eigenvalue weighted by molar-refractivity contribution is -0.137. The summed E-state index contributed by atoms with van der Waals surface area (Å²) in [7, 11) is 0. The second-order valence-corrected chi connectivity index (χ2v) is 3.97. The Morgan fingerprint density at radius 1 is 1.30 bits per heavy atom. The Labute approximate surface area is 110 Å². The molecule has 0 fully saturated rings. The Hall–Kier alpha value is -2.54. The molecule has 20 heavy (non-hydrogen) atoms. The van der Waals surface area contributed by atoms with Gasteiger partial charge in [0, 0.05) is 18.0 Å². The lowest BCUT2D eigenvalue weighted by atomic mass is 10.1. The van der Waals surface area contributed by atoms with Crippen LogP contribution in [0.25, 0.3) is 10.4 Å². The van der Waals surface area contributed by atoms with E-state index in [-0.39, 0.29) is 24.3 Å². The van der Waals surface area contributed by atoms with Crippen molar-refractivity contribution in [2.24, 2.45) is 5.11 Å². The summed E-state index contributed by atoms with van der Waals surface area (Å²) < 4.78 is 37.7. The van der Waals surface area contributed by atoms with E-state index in [2.05, 4.69) is 10.0 Å². The fraction of sp³-hybridized carbons (Fsp3) is 0.273. The first-order valence-electron chi connectivity index (χ1n) is 5.44. The fourth-order valence-corrected chi connectivity index (χ4v) is 1.89. The Morgan fingerprint density at radius 3 is 2.60 bits per heavy atom. The zero-order chi connectivity index (χ0) is 14.9. The smallest absolute Gasteiger partial charge is 0.305 e. The van der Waals surface area contributed by atoms with Crippen molar-refractivity contribution in [1.82, 2.24) is 0 Å². The van der Waals surface area contributed by atoms with Gasteiger partial charge in [-0.15, -0.1) is 0 Å². The maximum absolute atomic E-state index is 12.6. The number of amides is 1. The van der Waals surface area contributed by atoms with E-state index in [4.69, 9.17) is 5.53 Å². The van der Waals surface area contributed by atoms with Crippen LogP contribution in [-0.2, 0) is 11.0 Å². The number of anilines is 1. The number of nitrogens with zero attached hydrogens (tertiary/aromatic N) is 4. The van der Waals surface area contributed by atoms with E-state index in [9.17, 15) is 22.8 Å². The highest BCUT2D eigenvalue weighted by Crippen LogP contribution is 2.35. The van der Waals surface area contributed by atoms with Crippen LogP contribution in [0.3, 0.4) is 0 Å². The number of benzene rings is 1. The lowest BCUT2D eigenvalue weighted by Gasteiger charge is -2.15. The molecule has 1 aromatic carbocycles. The van der Waals surface area contributed by atoms with Crippen LogP contribution < -0.4 is 4.90 Å². The van der Waals surface area contributed by atoms with Crippen LogP contribution in [0.15, 0.2) is 23.3 Å². The van der Waals surface area contributed by atoms with E-state index in [1.54, 1.807) is 0 Å². The molecule has 1 amide bonds. The molecule has 0 radical (unpaired) electrons. The molecule has 0 saturated carbocycles. The zero-order valence-electron chi connectivity index (χ0n) is 9.89. The number of ketones is 1. The Kier molecular flexibility index (Phi) is 3.37. The van der Waals surface area contributed by atoms with E-state index < -0.39 is 23.4 Å². The SMILES string of the molecule is [N-]=[N+]=NCCN1C(=O)C(=O)c2cc(C(F)(F)F)ccc21. The minimum Gasteiger partial charge on any atom is -0.305 e. The predicted molar refractivity (Wildman–Crippen MR) is 62.1 cm³/mol. The summed E-state index contributed by atoms with van der Waals surface area (Å²) in [6.45, 7) is -0.136. The number of alkyl halides is 3. The molecule has 1 aliphatic rings. The molecular formula is C11H7F3N4O2. The first-order valence-corrected chi connectivity index (χ1v) is 5.44. The van der Waals surface area contributed by atoms with Crippen molar-refractivity contribution in [3.63, 3.8) is 0 Å². The van der Waals surface area contributed by atoms with E-state index in [1.165, 1.54) is 0 Å². The van der Waals surface area contributed by atoms with Crippen LogP contribution in [0.2, 0.25) is 0 Å². The molecule has 0 spiro atoms. The maximum atomic E-state index is 12.6. The third-order valence-corrected chi connectivity index (χ3v) is 2.79. The third kappa shape index (κ3) is 2.30. The number of carbonyl (C=O) groups is 2. The fourth-order valence-electron chi connectivity index (χ4n) is 1.89. The van der Waals surface area contributed by atoms with Crippen molar-refractivity contribution >= 4 is 17.4 Å². The molecule has 0 N–H and O–H groups in total. The highest BCUT2D eigenvalue weighted by atomic mass is 19.4. The van der Waals surface area contributed by atoms with Crippen LogP contribution in [0.4, 0.5) is 18.9 Å². The second kappa shape index (κ2) is 4.86. The summed E-state index contributed by atoms with van der Waals surface area (Å²) in [6.07, 6.45) is -4.59. The Bertz CT molecular complexity index is 635. The molecule has 0 aromatic heterocycles. The number of fused-ring (bicyclic) bond motifs is 1. The maximum Gasteiger partial charge on any atom is 0.416 e. The zero-order valence-corrected chi connectivity index (χ0v) is 9.89. The van der Waals surface area contributed by atoms with Crippen molar-refractivity contribution < 1.29 is 22.8 Å². The quantitative estimate of drug-likeness (QED) is 0.369. The first kappa shape index (κ1) is 13.9. The molecule has 1 aliphatic heterocycles. The van der Waals surface area contributed by atoms with Crippen molar-refractivity contribution in [3.05, 3.63) is 39.8 Å². The summed E-state index contributed by atoms with van der Waals surface area (Å²) in [6, 6.07) is 2.52. The van der Waals surface area contributed by atoms with Crippen LogP contribution in [0, 0.1) is 0 Å². The second-order valence-electron chi connectivity index (χ2n) is 3.97. The molecule has 0 saturated heterocycles. The van der Waals surface area contributed by atoms with Crippen LogP contribution in [-0.4, -0.2) is 24.8 Å². The van der Waals surface area contributed by atoms with Gasteiger partial charge in [-0.25, -0.2) is 0 Å². The Morgan fingerprint density at radius 2 is 2.00 bits per heavy atom. The molecule has 2 rings (SSSR count). The van der Waals surface area contributed by atoms with Crippen molar-refractivity contribution in [1.29, 1.82) is 0 Å².